The number of halogens is 2. The van der Waals surface area contributed by atoms with Crippen molar-refractivity contribution in [3.8, 4) is 0 Å². The molecule has 2 N–H and O–H groups in total. The topological polar surface area (TPSA) is 78.0 Å². The first-order valence-corrected chi connectivity index (χ1v) is 7.49. The van der Waals surface area contributed by atoms with Gasteiger partial charge in [0, 0.05) is 10.9 Å². The van der Waals surface area contributed by atoms with Gasteiger partial charge in [-0.05, 0) is 24.3 Å². The van der Waals surface area contributed by atoms with Crippen LogP contribution in [0.4, 0.5) is 0 Å². The quantitative estimate of drug-likeness (QED) is 0.738. The van der Waals surface area contributed by atoms with Crippen molar-refractivity contribution >= 4 is 45.8 Å². The Kier molecular flexibility index (Phi) is 4.17. The second-order valence-electron chi connectivity index (χ2n) is 4.84. The summed E-state index contributed by atoms with van der Waals surface area (Å²) in [5, 5.41) is 5.35. The first kappa shape index (κ1) is 15.7. The highest BCUT2D eigenvalue weighted by atomic mass is 35.5. The lowest BCUT2D eigenvalue weighted by Gasteiger charge is -2.04. The molecule has 0 radical (unpaired) electrons. The summed E-state index contributed by atoms with van der Waals surface area (Å²) in [7, 11) is 0. The molecule has 0 spiro atoms. The maximum absolute atomic E-state index is 12.7. The molecule has 116 valence electrons. The minimum Gasteiger partial charge on any atom is -0.324 e. The summed E-state index contributed by atoms with van der Waals surface area (Å²) in [6.07, 6.45) is 0. The molecular weight excluding hydrogens is 337 g/mol. The molecule has 3 rings (SSSR count). The molecule has 3 aromatic rings. The molecule has 0 aliphatic rings. The van der Waals surface area contributed by atoms with E-state index >= 15 is 0 Å². The maximum atomic E-state index is 12.7. The largest absolute Gasteiger partial charge is 0.324 e. The minimum absolute atomic E-state index is 0.177. The molecule has 0 atom stereocenters. The van der Waals surface area contributed by atoms with Gasteiger partial charge < -0.3 is 5.73 Å². The van der Waals surface area contributed by atoms with Crippen molar-refractivity contribution in [1.29, 1.82) is 0 Å². The first-order valence-electron chi connectivity index (χ1n) is 6.73. The summed E-state index contributed by atoms with van der Waals surface area (Å²) in [6, 6.07) is 11.5. The molecule has 7 heteroatoms. The predicted octanol–water partition coefficient (Wildman–Crippen LogP) is 3.17. The van der Waals surface area contributed by atoms with Gasteiger partial charge in [-0.2, -0.15) is 9.78 Å². The number of Topliss-reactive ketones (excluding diaryl/α,β-unsaturated/α-hetero) is 1. The summed E-state index contributed by atoms with van der Waals surface area (Å²) >= 11 is 11.8. The second kappa shape index (κ2) is 6.12. The van der Waals surface area contributed by atoms with Crippen molar-refractivity contribution in [3.63, 3.8) is 0 Å². The summed E-state index contributed by atoms with van der Waals surface area (Å²) in [6.45, 7) is -0.179. The maximum Gasteiger partial charge on any atom is 0.278 e. The summed E-state index contributed by atoms with van der Waals surface area (Å²) in [5.41, 5.74) is 6.44. The standard InChI is InChI=1S/C16H11Cl2N3O2/c17-11-6-5-9(7-12(11)18)16(23)21-13-4-2-1-3-10(13)15(20-21)14(22)8-19/h1-7H,8,19H2. The van der Waals surface area contributed by atoms with E-state index in [4.69, 9.17) is 28.9 Å². The van der Waals surface area contributed by atoms with Gasteiger partial charge in [-0.15, -0.1) is 0 Å². The molecule has 0 saturated heterocycles. The Morgan fingerprint density at radius 3 is 2.52 bits per heavy atom. The van der Waals surface area contributed by atoms with Gasteiger partial charge >= 0.3 is 0 Å². The zero-order chi connectivity index (χ0) is 16.6. The fourth-order valence-corrected chi connectivity index (χ4v) is 2.57. The Labute approximate surface area is 141 Å². The van der Waals surface area contributed by atoms with Crippen molar-refractivity contribution in [1.82, 2.24) is 9.78 Å². The van der Waals surface area contributed by atoms with E-state index in [1.165, 1.54) is 16.8 Å². The lowest BCUT2D eigenvalue weighted by atomic mass is 10.1. The van der Waals surface area contributed by atoms with Crippen molar-refractivity contribution in [2.45, 2.75) is 0 Å². The van der Waals surface area contributed by atoms with Gasteiger partial charge in [0.05, 0.1) is 22.1 Å². The van der Waals surface area contributed by atoms with Crippen LogP contribution in [0.15, 0.2) is 42.5 Å². The number of carbonyl (C=O) groups is 2. The number of hydrogen-bond acceptors (Lipinski definition) is 4. The number of rotatable bonds is 3. The summed E-state index contributed by atoms with van der Waals surface area (Å²) < 4.78 is 1.18. The predicted molar refractivity (Wildman–Crippen MR) is 89.3 cm³/mol. The Hall–Kier alpha value is -2.21. The molecular formula is C16H11Cl2N3O2. The van der Waals surface area contributed by atoms with Crippen molar-refractivity contribution in [2.24, 2.45) is 5.73 Å². The van der Waals surface area contributed by atoms with Crippen LogP contribution in [0.25, 0.3) is 10.9 Å². The number of fused-ring (bicyclic) bond motifs is 1. The van der Waals surface area contributed by atoms with Crippen molar-refractivity contribution in [3.05, 3.63) is 63.8 Å². The third-order valence-electron chi connectivity index (χ3n) is 3.40. The lowest BCUT2D eigenvalue weighted by Crippen LogP contribution is -2.17. The summed E-state index contributed by atoms with van der Waals surface area (Å²) in [5.74, 6) is -0.738. The molecule has 23 heavy (non-hydrogen) atoms. The zero-order valence-electron chi connectivity index (χ0n) is 11.8. The van der Waals surface area contributed by atoms with Gasteiger partial charge in [-0.3, -0.25) is 9.59 Å². The van der Waals surface area contributed by atoms with Gasteiger partial charge in [0.15, 0.2) is 5.78 Å². The average Bonchev–Trinajstić information content (AvgIpc) is 2.95. The number of nitrogens with zero attached hydrogens (tertiary/aromatic N) is 2. The van der Waals surface area contributed by atoms with Crippen LogP contribution in [0.1, 0.15) is 20.8 Å². The number of ketones is 1. The highest BCUT2D eigenvalue weighted by molar-refractivity contribution is 6.42. The number of hydrogen-bond donors (Lipinski definition) is 1. The molecule has 0 bridgehead atoms. The highest BCUT2D eigenvalue weighted by Gasteiger charge is 2.20. The zero-order valence-corrected chi connectivity index (χ0v) is 13.3. The van der Waals surface area contributed by atoms with E-state index in [0.717, 1.165) is 0 Å². The first-order chi connectivity index (χ1) is 11.0. The molecule has 1 heterocycles. The van der Waals surface area contributed by atoms with Crippen LogP contribution in [0.2, 0.25) is 10.0 Å². The fourth-order valence-electron chi connectivity index (χ4n) is 2.28. The minimum atomic E-state index is -0.407. The average molecular weight is 348 g/mol. The van der Waals surface area contributed by atoms with E-state index in [1.807, 2.05) is 0 Å². The van der Waals surface area contributed by atoms with Crippen LogP contribution >= 0.6 is 23.2 Å². The van der Waals surface area contributed by atoms with Crippen molar-refractivity contribution < 1.29 is 9.59 Å². The number of benzene rings is 2. The van der Waals surface area contributed by atoms with Crippen molar-refractivity contribution in [2.75, 3.05) is 6.54 Å². The number of nitrogens with two attached hydrogens (primary N) is 1. The molecule has 0 amide bonds. The molecule has 0 aliphatic heterocycles. The van der Waals surface area contributed by atoms with E-state index in [-0.39, 0.29) is 23.0 Å². The molecule has 0 saturated carbocycles. The van der Waals surface area contributed by atoms with Crippen LogP contribution in [0.3, 0.4) is 0 Å². The number of aromatic nitrogens is 2. The van der Waals surface area contributed by atoms with Crippen LogP contribution in [-0.4, -0.2) is 28.0 Å². The third-order valence-corrected chi connectivity index (χ3v) is 4.13. The van der Waals surface area contributed by atoms with Crippen LogP contribution in [0, 0.1) is 0 Å². The number of para-hydroxylation sites is 1. The van der Waals surface area contributed by atoms with Gasteiger partial charge in [-0.25, -0.2) is 0 Å². The normalized spacial score (nSPS) is 10.9. The fraction of sp³-hybridized carbons (Fsp3) is 0.0625. The Bertz CT molecular complexity index is 934. The van der Waals surface area contributed by atoms with E-state index < -0.39 is 5.91 Å². The smallest absolute Gasteiger partial charge is 0.278 e. The molecule has 0 aliphatic carbocycles. The summed E-state index contributed by atoms with van der Waals surface area (Å²) in [4.78, 5) is 24.7. The SMILES string of the molecule is NCC(=O)c1nn(C(=O)c2ccc(Cl)c(Cl)c2)c2ccccc12. The Morgan fingerprint density at radius 2 is 1.83 bits per heavy atom. The van der Waals surface area contributed by atoms with E-state index in [0.29, 0.717) is 21.5 Å². The third kappa shape index (κ3) is 2.74. The highest BCUT2D eigenvalue weighted by Crippen LogP contribution is 2.24. The lowest BCUT2D eigenvalue weighted by molar-refractivity contribution is 0.0948. The van der Waals surface area contributed by atoms with E-state index in [1.54, 1.807) is 30.3 Å². The molecule has 0 unspecified atom stereocenters. The van der Waals surface area contributed by atoms with Gasteiger partial charge in [0.2, 0.25) is 0 Å². The van der Waals surface area contributed by atoms with Gasteiger partial charge in [0.25, 0.3) is 5.91 Å². The number of carbonyl (C=O) groups excluding carboxylic acids is 2. The Morgan fingerprint density at radius 1 is 1.09 bits per heavy atom. The van der Waals surface area contributed by atoms with Crippen LogP contribution in [-0.2, 0) is 0 Å². The van der Waals surface area contributed by atoms with Crippen LogP contribution < -0.4 is 5.73 Å². The monoisotopic (exact) mass is 347 g/mol. The second-order valence-corrected chi connectivity index (χ2v) is 5.65. The van der Waals surface area contributed by atoms with E-state index in [2.05, 4.69) is 5.10 Å². The van der Waals surface area contributed by atoms with Crippen LogP contribution in [0.5, 0.6) is 0 Å². The molecule has 0 fully saturated rings. The van der Waals surface area contributed by atoms with Gasteiger partial charge in [0.1, 0.15) is 5.69 Å². The Balaban J connectivity index is 2.17. The molecule has 2 aromatic carbocycles. The molecule has 5 nitrogen and oxygen atoms in total. The van der Waals surface area contributed by atoms with E-state index in [9.17, 15) is 9.59 Å². The van der Waals surface area contributed by atoms with Gasteiger partial charge in [-0.1, -0.05) is 41.4 Å². The molecule has 1 aromatic heterocycles.